The van der Waals surface area contributed by atoms with E-state index >= 15 is 0 Å². The molecule has 0 saturated heterocycles. The van der Waals surface area contributed by atoms with E-state index in [0.29, 0.717) is 6.42 Å². The van der Waals surface area contributed by atoms with E-state index in [2.05, 4.69) is 6.92 Å². The fourth-order valence-electron chi connectivity index (χ4n) is 0.841. The lowest BCUT2D eigenvalue weighted by Crippen LogP contribution is -2.10. The van der Waals surface area contributed by atoms with E-state index in [4.69, 9.17) is 4.74 Å². The van der Waals surface area contributed by atoms with E-state index in [9.17, 15) is 4.79 Å². The zero-order valence-corrected chi connectivity index (χ0v) is 7.72. The smallest absolute Gasteiger partial charge is 0.306 e. The molecule has 0 rings (SSSR count). The summed E-state index contributed by atoms with van der Waals surface area (Å²) in [6.45, 7) is 5.86. The largest absolute Gasteiger partial charge is 0.463 e. The van der Waals surface area contributed by atoms with E-state index in [1.165, 1.54) is 0 Å². The molecule has 66 valence electrons. The van der Waals surface area contributed by atoms with Gasteiger partial charge in [-0.25, -0.2) is 0 Å². The third-order valence-corrected chi connectivity index (χ3v) is 1.35. The van der Waals surface area contributed by atoms with Crippen LogP contribution in [0.5, 0.6) is 0 Å². The van der Waals surface area contributed by atoms with Crippen molar-refractivity contribution in [2.75, 3.05) is 0 Å². The number of hydrogen-bond donors (Lipinski definition) is 0. The van der Waals surface area contributed by atoms with Crippen LogP contribution in [-0.4, -0.2) is 12.1 Å². The molecule has 0 unspecified atom stereocenters. The van der Waals surface area contributed by atoms with E-state index < -0.39 is 0 Å². The molecular weight excluding hydrogens is 140 g/mol. The van der Waals surface area contributed by atoms with Crippen LogP contribution in [0.4, 0.5) is 0 Å². The van der Waals surface area contributed by atoms with Crippen LogP contribution in [0.2, 0.25) is 0 Å². The Balaban J connectivity index is 3.23. The van der Waals surface area contributed by atoms with Crippen molar-refractivity contribution in [1.29, 1.82) is 0 Å². The second kappa shape index (κ2) is 6.20. The topological polar surface area (TPSA) is 26.3 Å². The van der Waals surface area contributed by atoms with Crippen molar-refractivity contribution in [3.63, 3.8) is 0 Å². The van der Waals surface area contributed by atoms with E-state index in [1.54, 1.807) is 0 Å². The van der Waals surface area contributed by atoms with Gasteiger partial charge in [0.2, 0.25) is 0 Å². The first-order chi connectivity index (χ1) is 5.16. The van der Waals surface area contributed by atoms with Crippen molar-refractivity contribution < 1.29 is 9.53 Å². The normalized spacial score (nSPS) is 10.2. The van der Waals surface area contributed by atoms with Gasteiger partial charge < -0.3 is 4.74 Å². The highest BCUT2D eigenvalue weighted by molar-refractivity contribution is 5.69. The summed E-state index contributed by atoms with van der Waals surface area (Å²) in [6, 6.07) is 0. The van der Waals surface area contributed by atoms with Crippen LogP contribution in [0.3, 0.4) is 0 Å². The second-order valence-electron chi connectivity index (χ2n) is 3.00. The lowest BCUT2D eigenvalue weighted by Gasteiger charge is -2.06. The lowest BCUT2D eigenvalue weighted by atomic mass is 10.2. The molecule has 2 nitrogen and oxygen atoms in total. The van der Waals surface area contributed by atoms with Crippen LogP contribution in [-0.2, 0) is 9.53 Å². The van der Waals surface area contributed by atoms with Gasteiger partial charge in [0.15, 0.2) is 0 Å². The van der Waals surface area contributed by atoms with Crippen LogP contribution in [0.25, 0.3) is 0 Å². The number of rotatable bonds is 5. The number of ether oxygens (including phenoxy) is 1. The van der Waals surface area contributed by atoms with Crippen LogP contribution in [0, 0.1) is 0 Å². The molecule has 11 heavy (non-hydrogen) atoms. The maximum Gasteiger partial charge on any atom is 0.306 e. The van der Waals surface area contributed by atoms with Gasteiger partial charge >= 0.3 is 5.97 Å². The van der Waals surface area contributed by atoms with Gasteiger partial charge in [0, 0.05) is 6.42 Å². The fourth-order valence-corrected chi connectivity index (χ4v) is 0.841. The van der Waals surface area contributed by atoms with Gasteiger partial charge in [0.05, 0.1) is 6.10 Å². The average Bonchev–Trinajstić information content (AvgIpc) is 1.86. The molecule has 0 aliphatic rings. The molecule has 0 aliphatic heterocycles. The predicted molar refractivity (Wildman–Crippen MR) is 45.4 cm³/mol. The summed E-state index contributed by atoms with van der Waals surface area (Å²) in [4.78, 5) is 10.9. The quantitative estimate of drug-likeness (QED) is 0.454. The molecule has 0 amide bonds. The maximum absolute atomic E-state index is 10.9. The Morgan fingerprint density at radius 1 is 1.36 bits per heavy atom. The molecule has 0 fully saturated rings. The zero-order valence-electron chi connectivity index (χ0n) is 7.72. The van der Waals surface area contributed by atoms with Crippen LogP contribution in [0.15, 0.2) is 0 Å². The highest BCUT2D eigenvalue weighted by atomic mass is 16.5. The molecule has 0 aromatic carbocycles. The maximum atomic E-state index is 10.9. The SMILES string of the molecule is CCCCCC(=O)OC(C)C. The fraction of sp³-hybridized carbons (Fsp3) is 0.889. The lowest BCUT2D eigenvalue weighted by molar-refractivity contribution is -0.147. The van der Waals surface area contributed by atoms with Gasteiger partial charge in [-0.1, -0.05) is 19.8 Å². The highest BCUT2D eigenvalue weighted by Gasteiger charge is 2.03. The Labute approximate surface area is 68.9 Å². The summed E-state index contributed by atoms with van der Waals surface area (Å²) in [5.74, 6) is -0.0616. The van der Waals surface area contributed by atoms with Crippen molar-refractivity contribution >= 4 is 5.97 Å². The number of unbranched alkanes of at least 4 members (excludes halogenated alkanes) is 2. The minimum atomic E-state index is -0.0616. The molecule has 0 saturated carbocycles. The first kappa shape index (κ1) is 10.5. The van der Waals surface area contributed by atoms with Crippen molar-refractivity contribution in [3.05, 3.63) is 0 Å². The summed E-state index contributed by atoms with van der Waals surface area (Å²) in [5.41, 5.74) is 0. The van der Waals surface area contributed by atoms with Gasteiger partial charge in [0.1, 0.15) is 0 Å². The molecule has 0 heterocycles. The van der Waals surface area contributed by atoms with Crippen molar-refractivity contribution in [3.8, 4) is 0 Å². The molecule has 0 aromatic rings. The van der Waals surface area contributed by atoms with Gasteiger partial charge in [-0.3, -0.25) is 4.79 Å². The van der Waals surface area contributed by atoms with Crippen LogP contribution >= 0.6 is 0 Å². The van der Waals surface area contributed by atoms with Crippen molar-refractivity contribution in [2.24, 2.45) is 0 Å². The van der Waals surface area contributed by atoms with Gasteiger partial charge in [0.25, 0.3) is 0 Å². The number of carbonyl (C=O) groups excluding carboxylic acids is 1. The summed E-state index contributed by atoms with van der Waals surface area (Å²) in [6.07, 6.45) is 3.83. The third-order valence-electron chi connectivity index (χ3n) is 1.35. The van der Waals surface area contributed by atoms with Crippen molar-refractivity contribution in [2.45, 2.75) is 52.6 Å². The Morgan fingerprint density at radius 3 is 2.45 bits per heavy atom. The molecule has 0 aliphatic carbocycles. The van der Waals surface area contributed by atoms with E-state index in [0.717, 1.165) is 19.3 Å². The summed E-state index contributed by atoms with van der Waals surface area (Å²) < 4.78 is 4.96. The Bertz CT molecular complexity index is 108. The molecule has 2 heteroatoms. The molecule has 0 spiro atoms. The third kappa shape index (κ3) is 7.37. The molecule has 0 radical (unpaired) electrons. The first-order valence-corrected chi connectivity index (χ1v) is 4.36. The summed E-state index contributed by atoms with van der Waals surface area (Å²) in [7, 11) is 0. The van der Waals surface area contributed by atoms with E-state index in [1.807, 2.05) is 13.8 Å². The number of hydrogen-bond acceptors (Lipinski definition) is 2. The average molecular weight is 158 g/mol. The van der Waals surface area contributed by atoms with Gasteiger partial charge in [-0.15, -0.1) is 0 Å². The minimum absolute atomic E-state index is 0.0316. The summed E-state index contributed by atoms with van der Waals surface area (Å²) >= 11 is 0. The predicted octanol–water partition coefficient (Wildman–Crippen LogP) is 2.52. The summed E-state index contributed by atoms with van der Waals surface area (Å²) in [5, 5.41) is 0. The first-order valence-electron chi connectivity index (χ1n) is 4.36. The van der Waals surface area contributed by atoms with Gasteiger partial charge in [-0.05, 0) is 20.3 Å². The number of esters is 1. The van der Waals surface area contributed by atoms with Crippen LogP contribution in [0.1, 0.15) is 46.5 Å². The van der Waals surface area contributed by atoms with Crippen LogP contribution < -0.4 is 0 Å². The molecule has 0 atom stereocenters. The zero-order chi connectivity index (χ0) is 8.69. The van der Waals surface area contributed by atoms with Crippen molar-refractivity contribution in [1.82, 2.24) is 0 Å². The Morgan fingerprint density at radius 2 is 2.00 bits per heavy atom. The molecular formula is C9H18O2. The monoisotopic (exact) mass is 158 g/mol. The Kier molecular flexibility index (Phi) is 5.90. The minimum Gasteiger partial charge on any atom is -0.463 e. The second-order valence-corrected chi connectivity index (χ2v) is 3.00. The molecule has 0 bridgehead atoms. The highest BCUT2D eigenvalue weighted by Crippen LogP contribution is 2.01. The number of carbonyl (C=O) groups is 1. The standard InChI is InChI=1S/C9H18O2/c1-4-5-6-7-9(10)11-8(2)3/h8H,4-7H2,1-3H3. The van der Waals surface area contributed by atoms with Gasteiger partial charge in [-0.2, -0.15) is 0 Å². The molecule has 0 aromatic heterocycles. The Hall–Kier alpha value is -0.530. The molecule has 0 N–H and O–H groups in total. The van der Waals surface area contributed by atoms with E-state index in [-0.39, 0.29) is 12.1 Å².